The number of furan rings is 1. The Bertz CT molecular complexity index is 477. The topological polar surface area (TPSA) is 64.4 Å². The van der Waals surface area contributed by atoms with E-state index in [-0.39, 0.29) is 5.91 Å². The Morgan fingerprint density at radius 2 is 2.35 bits per heavy atom. The summed E-state index contributed by atoms with van der Waals surface area (Å²) in [6, 6.07) is 6.87. The van der Waals surface area contributed by atoms with Crippen LogP contribution in [0, 0.1) is 0 Å². The molecule has 0 aliphatic heterocycles. The normalized spacial score (nSPS) is 9.94. The van der Waals surface area contributed by atoms with Crippen molar-refractivity contribution in [2.24, 2.45) is 0 Å². The Kier molecular flexibility index (Phi) is 3.40. The van der Waals surface area contributed by atoms with Gasteiger partial charge in [0.2, 0.25) is 5.88 Å². The predicted molar refractivity (Wildman–Crippen MR) is 60.7 cm³/mol. The minimum atomic E-state index is -0.198. The minimum Gasteiger partial charge on any atom is -0.481 e. The number of methoxy groups -OCH3 is 1. The van der Waals surface area contributed by atoms with E-state index in [1.54, 1.807) is 30.5 Å². The molecule has 17 heavy (non-hydrogen) atoms. The molecule has 0 saturated heterocycles. The number of rotatable bonds is 4. The van der Waals surface area contributed by atoms with Gasteiger partial charge in [-0.3, -0.25) is 4.79 Å². The van der Waals surface area contributed by atoms with Crippen molar-refractivity contribution in [3.8, 4) is 5.88 Å². The molecule has 2 rings (SSSR count). The highest BCUT2D eigenvalue weighted by Gasteiger charge is 2.06. The van der Waals surface area contributed by atoms with Gasteiger partial charge in [-0.15, -0.1) is 0 Å². The lowest BCUT2D eigenvalue weighted by atomic mass is 10.2. The Morgan fingerprint density at radius 1 is 1.47 bits per heavy atom. The average Bonchev–Trinajstić information content (AvgIpc) is 2.89. The molecule has 2 heterocycles. The van der Waals surface area contributed by atoms with Crippen LogP contribution in [0.25, 0.3) is 0 Å². The Labute approximate surface area is 98.4 Å². The van der Waals surface area contributed by atoms with Gasteiger partial charge in [0.05, 0.1) is 25.5 Å². The van der Waals surface area contributed by atoms with Crippen LogP contribution >= 0.6 is 0 Å². The highest BCUT2D eigenvalue weighted by molar-refractivity contribution is 5.93. The summed E-state index contributed by atoms with van der Waals surface area (Å²) in [7, 11) is 1.53. The molecule has 2 aromatic heterocycles. The first-order chi connectivity index (χ1) is 8.29. The molecule has 0 aromatic carbocycles. The van der Waals surface area contributed by atoms with E-state index in [0.717, 1.165) is 0 Å². The van der Waals surface area contributed by atoms with Crippen molar-refractivity contribution >= 4 is 5.91 Å². The lowest BCUT2D eigenvalue weighted by molar-refractivity contribution is 0.0947. The largest absolute Gasteiger partial charge is 0.481 e. The van der Waals surface area contributed by atoms with Crippen LogP contribution in [0.1, 0.15) is 16.1 Å². The van der Waals surface area contributed by atoms with E-state index in [0.29, 0.717) is 23.7 Å². The van der Waals surface area contributed by atoms with Crippen LogP contribution in [0.3, 0.4) is 0 Å². The number of carbonyl (C=O) groups excluding carboxylic acids is 1. The molecule has 88 valence electrons. The third kappa shape index (κ3) is 2.84. The van der Waals surface area contributed by atoms with Crippen LogP contribution in [-0.4, -0.2) is 18.0 Å². The zero-order chi connectivity index (χ0) is 12.1. The number of hydrogen-bond donors (Lipinski definition) is 1. The summed E-state index contributed by atoms with van der Waals surface area (Å²) in [5.74, 6) is 0.990. The van der Waals surface area contributed by atoms with Gasteiger partial charge < -0.3 is 14.5 Å². The molecular weight excluding hydrogens is 220 g/mol. The van der Waals surface area contributed by atoms with Gasteiger partial charge in [-0.05, 0) is 18.2 Å². The van der Waals surface area contributed by atoms with E-state index in [1.165, 1.54) is 13.3 Å². The molecule has 0 spiro atoms. The van der Waals surface area contributed by atoms with Crippen LogP contribution in [0.15, 0.2) is 41.1 Å². The van der Waals surface area contributed by atoms with Crippen LogP contribution in [0.4, 0.5) is 0 Å². The molecule has 0 aliphatic rings. The van der Waals surface area contributed by atoms with Crippen LogP contribution in [-0.2, 0) is 6.54 Å². The van der Waals surface area contributed by atoms with Gasteiger partial charge in [-0.25, -0.2) is 4.98 Å². The van der Waals surface area contributed by atoms with E-state index in [4.69, 9.17) is 9.15 Å². The fourth-order valence-electron chi connectivity index (χ4n) is 1.32. The van der Waals surface area contributed by atoms with E-state index >= 15 is 0 Å². The molecule has 5 nitrogen and oxygen atoms in total. The number of amides is 1. The van der Waals surface area contributed by atoms with Crippen molar-refractivity contribution in [3.05, 3.63) is 48.0 Å². The van der Waals surface area contributed by atoms with Crippen molar-refractivity contribution in [2.75, 3.05) is 7.11 Å². The summed E-state index contributed by atoms with van der Waals surface area (Å²) in [6.07, 6.45) is 3.03. The molecule has 0 fully saturated rings. The number of nitrogens with one attached hydrogen (secondary N) is 1. The smallest absolute Gasteiger partial charge is 0.253 e. The van der Waals surface area contributed by atoms with Crippen molar-refractivity contribution in [1.29, 1.82) is 0 Å². The van der Waals surface area contributed by atoms with Gasteiger partial charge in [0.1, 0.15) is 5.76 Å². The van der Waals surface area contributed by atoms with Gasteiger partial charge in [0, 0.05) is 12.3 Å². The van der Waals surface area contributed by atoms with E-state index in [9.17, 15) is 4.79 Å². The quantitative estimate of drug-likeness (QED) is 0.869. The first kappa shape index (κ1) is 11.2. The van der Waals surface area contributed by atoms with E-state index in [2.05, 4.69) is 10.3 Å². The Hall–Kier alpha value is -2.30. The number of carbonyl (C=O) groups is 1. The van der Waals surface area contributed by atoms with E-state index in [1.807, 2.05) is 0 Å². The average molecular weight is 232 g/mol. The van der Waals surface area contributed by atoms with Crippen LogP contribution < -0.4 is 10.1 Å². The summed E-state index contributed by atoms with van der Waals surface area (Å²) in [5.41, 5.74) is 0.484. The lowest BCUT2D eigenvalue weighted by Gasteiger charge is -2.03. The molecule has 0 radical (unpaired) electrons. The van der Waals surface area contributed by atoms with Crippen molar-refractivity contribution in [2.45, 2.75) is 6.54 Å². The minimum absolute atomic E-state index is 0.198. The summed E-state index contributed by atoms with van der Waals surface area (Å²) >= 11 is 0. The zero-order valence-corrected chi connectivity index (χ0v) is 9.34. The molecule has 5 heteroatoms. The van der Waals surface area contributed by atoms with Gasteiger partial charge in [0.25, 0.3) is 5.91 Å². The summed E-state index contributed by atoms with van der Waals surface area (Å²) in [5, 5.41) is 2.73. The molecule has 0 aliphatic carbocycles. The SMILES string of the molecule is COc1ccc(C(=O)NCc2ccco2)cn1. The molecule has 0 saturated carbocycles. The maximum Gasteiger partial charge on any atom is 0.253 e. The van der Waals surface area contributed by atoms with Crippen molar-refractivity contribution in [1.82, 2.24) is 10.3 Å². The van der Waals surface area contributed by atoms with Crippen molar-refractivity contribution in [3.63, 3.8) is 0 Å². The van der Waals surface area contributed by atoms with Gasteiger partial charge >= 0.3 is 0 Å². The maximum absolute atomic E-state index is 11.7. The predicted octanol–water partition coefficient (Wildman–Crippen LogP) is 1.61. The summed E-state index contributed by atoms with van der Waals surface area (Å²) in [4.78, 5) is 15.7. The van der Waals surface area contributed by atoms with Crippen LogP contribution in [0.5, 0.6) is 5.88 Å². The second-order valence-corrected chi connectivity index (χ2v) is 3.35. The second kappa shape index (κ2) is 5.16. The molecule has 1 N–H and O–H groups in total. The number of hydrogen-bond acceptors (Lipinski definition) is 4. The number of nitrogens with zero attached hydrogens (tertiary/aromatic N) is 1. The lowest BCUT2D eigenvalue weighted by Crippen LogP contribution is -2.22. The third-order valence-corrected chi connectivity index (χ3v) is 2.21. The molecular formula is C12H12N2O3. The van der Waals surface area contributed by atoms with Gasteiger partial charge in [0.15, 0.2) is 0 Å². The molecule has 1 amide bonds. The molecule has 2 aromatic rings. The highest BCUT2D eigenvalue weighted by Crippen LogP contribution is 2.07. The van der Waals surface area contributed by atoms with Crippen LogP contribution in [0.2, 0.25) is 0 Å². The monoisotopic (exact) mass is 232 g/mol. The molecule has 0 unspecified atom stereocenters. The number of aromatic nitrogens is 1. The summed E-state index contributed by atoms with van der Waals surface area (Å²) < 4.78 is 10.0. The fourth-order valence-corrected chi connectivity index (χ4v) is 1.32. The Balaban J connectivity index is 1.95. The standard InChI is InChI=1S/C12H12N2O3/c1-16-11-5-4-9(7-13-11)12(15)14-8-10-3-2-6-17-10/h2-7H,8H2,1H3,(H,14,15). The summed E-state index contributed by atoms with van der Waals surface area (Å²) in [6.45, 7) is 0.359. The first-order valence-corrected chi connectivity index (χ1v) is 5.10. The van der Waals surface area contributed by atoms with Gasteiger partial charge in [-0.1, -0.05) is 0 Å². The maximum atomic E-state index is 11.7. The molecule has 0 atom stereocenters. The first-order valence-electron chi connectivity index (χ1n) is 5.10. The van der Waals surface area contributed by atoms with E-state index < -0.39 is 0 Å². The Morgan fingerprint density at radius 3 is 2.94 bits per heavy atom. The number of pyridine rings is 1. The fraction of sp³-hybridized carbons (Fsp3) is 0.167. The third-order valence-electron chi connectivity index (χ3n) is 2.21. The highest BCUT2D eigenvalue weighted by atomic mass is 16.5. The molecule has 0 bridgehead atoms. The second-order valence-electron chi connectivity index (χ2n) is 3.35. The zero-order valence-electron chi connectivity index (χ0n) is 9.34. The van der Waals surface area contributed by atoms with Gasteiger partial charge in [-0.2, -0.15) is 0 Å². The number of ether oxygens (including phenoxy) is 1. The van der Waals surface area contributed by atoms with Crippen molar-refractivity contribution < 1.29 is 13.9 Å².